The van der Waals surface area contributed by atoms with Crippen molar-refractivity contribution in [2.45, 2.75) is 31.1 Å². The number of pyridine rings is 1. The fraction of sp³-hybridized carbons (Fsp3) is 0.400. The van der Waals surface area contributed by atoms with Gasteiger partial charge in [0.2, 0.25) is 10.0 Å². The van der Waals surface area contributed by atoms with E-state index in [0.717, 1.165) is 5.56 Å². The van der Waals surface area contributed by atoms with Gasteiger partial charge in [-0.25, -0.2) is 13.4 Å². The van der Waals surface area contributed by atoms with Crippen LogP contribution in [0.1, 0.15) is 31.9 Å². The van der Waals surface area contributed by atoms with Crippen molar-refractivity contribution in [1.29, 1.82) is 5.26 Å². The van der Waals surface area contributed by atoms with Crippen LogP contribution in [0.15, 0.2) is 47.5 Å². The largest absolute Gasteiger partial charge is 0.353 e. The Bertz CT molecular complexity index is 949. The Balaban J connectivity index is 1.74. The highest BCUT2D eigenvalue weighted by molar-refractivity contribution is 7.89. The summed E-state index contributed by atoms with van der Waals surface area (Å²) in [5.41, 5.74) is 1.59. The molecule has 27 heavy (non-hydrogen) atoms. The first-order valence-electron chi connectivity index (χ1n) is 8.94. The molecule has 1 aromatic carbocycles. The third-order valence-corrected chi connectivity index (χ3v) is 6.72. The first-order chi connectivity index (χ1) is 12.7. The molecule has 0 aliphatic carbocycles. The Kier molecular flexibility index (Phi) is 5.22. The number of nitriles is 1. The van der Waals surface area contributed by atoms with Crippen molar-refractivity contribution in [3.63, 3.8) is 0 Å². The van der Waals surface area contributed by atoms with Gasteiger partial charge >= 0.3 is 0 Å². The molecule has 0 spiro atoms. The van der Waals surface area contributed by atoms with Crippen LogP contribution in [-0.2, 0) is 15.4 Å². The molecule has 7 heteroatoms. The molecule has 142 valence electrons. The van der Waals surface area contributed by atoms with Gasteiger partial charge in [0, 0.05) is 32.4 Å². The first-order valence-corrected chi connectivity index (χ1v) is 10.4. The van der Waals surface area contributed by atoms with Crippen LogP contribution in [-0.4, -0.2) is 43.9 Å². The van der Waals surface area contributed by atoms with Gasteiger partial charge < -0.3 is 4.90 Å². The van der Waals surface area contributed by atoms with Crippen LogP contribution < -0.4 is 4.90 Å². The van der Waals surface area contributed by atoms with Crippen LogP contribution in [0.25, 0.3) is 0 Å². The Labute approximate surface area is 161 Å². The number of hydrogen-bond donors (Lipinski definition) is 0. The molecule has 0 saturated carbocycles. The third-order valence-electron chi connectivity index (χ3n) is 4.80. The van der Waals surface area contributed by atoms with Gasteiger partial charge in [0.25, 0.3) is 0 Å². The van der Waals surface area contributed by atoms with Crippen LogP contribution >= 0.6 is 0 Å². The molecule has 0 unspecified atom stereocenters. The molecule has 0 N–H and O–H groups in total. The minimum absolute atomic E-state index is 0.0188. The van der Waals surface area contributed by atoms with Gasteiger partial charge in [-0.3, -0.25) is 0 Å². The lowest BCUT2D eigenvalue weighted by Gasteiger charge is -2.35. The lowest BCUT2D eigenvalue weighted by Crippen LogP contribution is -2.49. The zero-order chi connectivity index (χ0) is 19.7. The van der Waals surface area contributed by atoms with E-state index in [9.17, 15) is 13.7 Å². The molecule has 2 aromatic rings. The van der Waals surface area contributed by atoms with Gasteiger partial charge in [-0.15, -0.1) is 0 Å². The second-order valence-corrected chi connectivity index (χ2v) is 9.59. The molecule has 0 radical (unpaired) electrons. The lowest BCUT2D eigenvalue weighted by molar-refractivity contribution is 0.383. The fourth-order valence-corrected chi connectivity index (χ4v) is 4.57. The highest BCUT2D eigenvalue weighted by Crippen LogP contribution is 2.26. The SMILES string of the molecule is CC(C)(C)c1ccc(S(=O)(=O)N2CCN(c3ncccc3C#N)CC2)cc1. The molecule has 1 aliphatic rings. The molecule has 1 saturated heterocycles. The molecule has 6 nitrogen and oxygen atoms in total. The van der Waals surface area contributed by atoms with E-state index in [0.29, 0.717) is 42.5 Å². The number of benzene rings is 1. The normalized spacial score (nSPS) is 16.1. The van der Waals surface area contributed by atoms with Crippen molar-refractivity contribution < 1.29 is 8.42 Å². The maximum atomic E-state index is 13.0. The van der Waals surface area contributed by atoms with Crippen LogP contribution in [0, 0.1) is 11.3 Å². The number of hydrogen-bond acceptors (Lipinski definition) is 5. The number of anilines is 1. The standard InChI is InChI=1S/C20H24N4O2S/c1-20(2,3)17-6-8-18(9-7-17)27(25,26)24-13-11-23(12-14-24)19-16(15-21)5-4-10-22-19/h4-10H,11-14H2,1-3H3. The Morgan fingerprint density at radius 1 is 1.04 bits per heavy atom. The Morgan fingerprint density at radius 3 is 2.22 bits per heavy atom. The number of rotatable bonds is 3. The van der Waals surface area contributed by atoms with Gasteiger partial charge in [-0.1, -0.05) is 32.9 Å². The maximum absolute atomic E-state index is 13.0. The van der Waals surface area contributed by atoms with Gasteiger partial charge in [0.15, 0.2) is 0 Å². The molecule has 0 amide bonds. The monoisotopic (exact) mass is 384 g/mol. The minimum atomic E-state index is -3.52. The molecule has 3 rings (SSSR count). The predicted molar refractivity (Wildman–Crippen MR) is 105 cm³/mol. The summed E-state index contributed by atoms with van der Waals surface area (Å²) in [4.78, 5) is 6.57. The average molecular weight is 385 g/mol. The zero-order valence-corrected chi connectivity index (χ0v) is 16.7. The molecular formula is C20H24N4O2S. The molecule has 1 aromatic heterocycles. The second kappa shape index (κ2) is 7.29. The Hall–Kier alpha value is -2.43. The van der Waals surface area contributed by atoms with E-state index in [1.807, 2.05) is 17.0 Å². The summed E-state index contributed by atoms with van der Waals surface area (Å²) in [6.07, 6.45) is 1.65. The summed E-state index contributed by atoms with van der Waals surface area (Å²) in [5.74, 6) is 0.617. The molecule has 0 atom stereocenters. The predicted octanol–water partition coefficient (Wildman–Crippen LogP) is 2.76. The maximum Gasteiger partial charge on any atom is 0.243 e. The first kappa shape index (κ1) is 19.3. The van der Waals surface area contributed by atoms with E-state index in [4.69, 9.17) is 0 Å². The summed E-state index contributed by atoms with van der Waals surface area (Å²) < 4.78 is 27.4. The number of sulfonamides is 1. The average Bonchev–Trinajstić information content (AvgIpc) is 2.67. The van der Waals surface area contributed by atoms with Gasteiger partial charge in [-0.05, 0) is 35.2 Å². The van der Waals surface area contributed by atoms with Crippen molar-refractivity contribution in [2.75, 3.05) is 31.1 Å². The Morgan fingerprint density at radius 2 is 1.67 bits per heavy atom. The van der Waals surface area contributed by atoms with Crippen molar-refractivity contribution >= 4 is 15.8 Å². The van der Waals surface area contributed by atoms with Gasteiger partial charge in [-0.2, -0.15) is 9.57 Å². The summed E-state index contributed by atoms with van der Waals surface area (Å²) in [5, 5.41) is 9.24. The van der Waals surface area contributed by atoms with E-state index in [1.54, 1.807) is 30.5 Å². The van der Waals surface area contributed by atoms with Gasteiger partial charge in [0.1, 0.15) is 11.9 Å². The van der Waals surface area contributed by atoms with E-state index in [2.05, 4.69) is 31.8 Å². The van der Waals surface area contributed by atoms with Crippen molar-refractivity contribution in [3.8, 4) is 6.07 Å². The van der Waals surface area contributed by atoms with E-state index >= 15 is 0 Å². The van der Waals surface area contributed by atoms with E-state index < -0.39 is 10.0 Å². The highest BCUT2D eigenvalue weighted by atomic mass is 32.2. The topological polar surface area (TPSA) is 77.3 Å². The van der Waals surface area contributed by atoms with Crippen LogP contribution in [0.2, 0.25) is 0 Å². The molecule has 1 fully saturated rings. The van der Waals surface area contributed by atoms with Crippen molar-refractivity contribution in [2.24, 2.45) is 0 Å². The van der Waals surface area contributed by atoms with E-state index in [-0.39, 0.29) is 5.41 Å². The minimum Gasteiger partial charge on any atom is -0.353 e. The lowest BCUT2D eigenvalue weighted by atomic mass is 9.87. The van der Waals surface area contributed by atoms with Crippen molar-refractivity contribution in [1.82, 2.24) is 9.29 Å². The highest BCUT2D eigenvalue weighted by Gasteiger charge is 2.29. The quantitative estimate of drug-likeness (QED) is 0.813. The second-order valence-electron chi connectivity index (χ2n) is 7.65. The van der Waals surface area contributed by atoms with Crippen LogP contribution in [0.5, 0.6) is 0 Å². The third kappa shape index (κ3) is 3.97. The summed E-state index contributed by atoms with van der Waals surface area (Å²) >= 11 is 0. The van der Waals surface area contributed by atoms with Crippen LogP contribution in [0.3, 0.4) is 0 Å². The van der Waals surface area contributed by atoms with E-state index in [1.165, 1.54) is 4.31 Å². The number of piperazine rings is 1. The zero-order valence-electron chi connectivity index (χ0n) is 15.9. The molecule has 1 aliphatic heterocycles. The fourth-order valence-electron chi connectivity index (χ4n) is 3.15. The smallest absolute Gasteiger partial charge is 0.243 e. The van der Waals surface area contributed by atoms with Crippen molar-refractivity contribution in [3.05, 3.63) is 53.7 Å². The molecule has 0 bridgehead atoms. The summed E-state index contributed by atoms with van der Waals surface area (Å²) in [7, 11) is -3.52. The summed E-state index contributed by atoms with van der Waals surface area (Å²) in [6, 6.07) is 12.7. The number of nitrogens with zero attached hydrogens (tertiary/aromatic N) is 4. The molecular weight excluding hydrogens is 360 g/mol. The van der Waals surface area contributed by atoms with Crippen LogP contribution in [0.4, 0.5) is 5.82 Å². The molecule has 2 heterocycles. The van der Waals surface area contributed by atoms with Gasteiger partial charge in [0.05, 0.1) is 10.5 Å². The summed E-state index contributed by atoms with van der Waals surface area (Å²) in [6.45, 7) is 8.04. The number of aromatic nitrogens is 1.